The van der Waals surface area contributed by atoms with Crippen molar-refractivity contribution in [1.82, 2.24) is 9.80 Å². The molecule has 1 amide bonds. The van der Waals surface area contributed by atoms with Crippen LogP contribution in [0.5, 0.6) is 0 Å². The summed E-state index contributed by atoms with van der Waals surface area (Å²) in [5.41, 5.74) is 6.28. The molecule has 0 aromatic rings. The zero-order valence-corrected chi connectivity index (χ0v) is 15.6. The van der Waals surface area contributed by atoms with Crippen molar-refractivity contribution >= 4 is 18.3 Å². The highest BCUT2D eigenvalue weighted by Crippen LogP contribution is 2.35. The van der Waals surface area contributed by atoms with Gasteiger partial charge in [0.25, 0.3) is 0 Å². The van der Waals surface area contributed by atoms with Crippen molar-refractivity contribution in [2.45, 2.75) is 64.0 Å². The van der Waals surface area contributed by atoms with Crippen LogP contribution in [0.3, 0.4) is 0 Å². The minimum atomic E-state index is 0. The summed E-state index contributed by atoms with van der Waals surface area (Å²) in [6, 6.07) is 0.826. The minimum Gasteiger partial charge on any atom is -0.342 e. The number of carbonyl (C=O) groups excluding carboxylic acids is 1. The van der Waals surface area contributed by atoms with Crippen molar-refractivity contribution in [3.8, 4) is 0 Å². The highest BCUT2D eigenvalue weighted by Gasteiger charge is 2.39. The number of nitrogens with two attached hydrogens (primary N) is 1. The van der Waals surface area contributed by atoms with Crippen LogP contribution in [0.25, 0.3) is 0 Å². The summed E-state index contributed by atoms with van der Waals surface area (Å²) in [6.07, 6.45) is 8.64. The maximum Gasteiger partial charge on any atom is 0.236 e. The lowest BCUT2D eigenvalue weighted by Gasteiger charge is -2.34. The molecule has 3 atom stereocenters. The summed E-state index contributed by atoms with van der Waals surface area (Å²) in [4.78, 5) is 17.0. The van der Waals surface area contributed by atoms with Gasteiger partial charge in [0.2, 0.25) is 5.91 Å². The third-order valence-corrected chi connectivity index (χ3v) is 6.51. The van der Waals surface area contributed by atoms with Crippen LogP contribution in [0.1, 0.15) is 51.9 Å². The molecule has 0 radical (unpaired) electrons. The summed E-state index contributed by atoms with van der Waals surface area (Å²) in [7, 11) is 2.01. The second-order valence-electron chi connectivity index (χ2n) is 8.13. The number of hydrogen-bond acceptors (Lipinski definition) is 3. The first-order valence-corrected chi connectivity index (χ1v) is 9.28. The Morgan fingerprint density at radius 1 is 1.13 bits per heavy atom. The molecule has 1 saturated heterocycles. The van der Waals surface area contributed by atoms with E-state index in [-0.39, 0.29) is 12.4 Å². The van der Waals surface area contributed by atoms with Gasteiger partial charge in [0.15, 0.2) is 0 Å². The number of halogens is 1. The van der Waals surface area contributed by atoms with E-state index in [9.17, 15) is 4.79 Å². The van der Waals surface area contributed by atoms with Gasteiger partial charge >= 0.3 is 0 Å². The van der Waals surface area contributed by atoms with E-state index in [1.165, 1.54) is 44.9 Å². The number of amides is 1. The van der Waals surface area contributed by atoms with Gasteiger partial charge in [0.1, 0.15) is 0 Å². The first-order chi connectivity index (χ1) is 10.5. The molecule has 2 aliphatic carbocycles. The Hall–Kier alpha value is -0.320. The molecule has 3 unspecified atom stereocenters. The standard InChI is InChI=1S/C18H33N3O.ClH/c1-13-6-8-15(9-7-13)20(2)18(22)12-21-10-14-4-3-5-17(19)16(14)11-21;/h13-17H,3-12,19H2,1-2H3;1H. The van der Waals surface area contributed by atoms with Gasteiger partial charge < -0.3 is 10.6 Å². The first kappa shape index (κ1) is 19.0. The monoisotopic (exact) mass is 343 g/mol. The van der Waals surface area contributed by atoms with Gasteiger partial charge in [-0.2, -0.15) is 0 Å². The van der Waals surface area contributed by atoms with Crippen LogP contribution in [0.15, 0.2) is 0 Å². The van der Waals surface area contributed by atoms with E-state index in [0.29, 0.717) is 30.5 Å². The lowest BCUT2D eigenvalue weighted by molar-refractivity contribution is -0.133. The Labute approximate surface area is 147 Å². The predicted molar refractivity (Wildman–Crippen MR) is 96.7 cm³/mol. The number of rotatable bonds is 3. The molecule has 3 rings (SSSR count). The number of likely N-dealkylation sites (N-methyl/N-ethyl adjacent to an activating group) is 1. The van der Waals surface area contributed by atoms with Crippen LogP contribution in [0.4, 0.5) is 0 Å². The van der Waals surface area contributed by atoms with Crippen LogP contribution in [-0.4, -0.2) is 54.5 Å². The highest BCUT2D eigenvalue weighted by atomic mass is 35.5. The van der Waals surface area contributed by atoms with E-state index in [4.69, 9.17) is 5.73 Å². The van der Waals surface area contributed by atoms with E-state index in [2.05, 4.69) is 11.8 Å². The lowest BCUT2D eigenvalue weighted by atomic mass is 9.78. The fraction of sp³-hybridized carbons (Fsp3) is 0.944. The van der Waals surface area contributed by atoms with Crippen LogP contribution in [0.2, 0.25) is 0 Å². The molecule has 0 bridgehead atoms. The molecule has 4 nitrogen and oxygen atoms in total. The SMILES string of the molecule is CC1CCC(N(C)C(=O)CN2CC3CCCC(N)C3C2)CC1.Cl. The summed E-state index contributed by atoms with van der Waals surface area (Å²) in [5, 5.41) is 0. The Bertz CT molecular complexity index is 398. The number of fused-ring (bicyclic) bond motifs is 1. The molecule has 3 fully saturated rings. The summed E-state index contributed by atoms with van der Waals surface area (Å²) in [6.45, 7) is 5.04. The van der Waals surface area contributed by atoms with E-state index < -0.39 is 0 Å². The molecule has 0 aromatic carbocycles. The smallest absolute Gasteiger partial charge is 0.236 e. The Balaban J connectivity index is 0.00000192. The quantitative estimate of drug-likeness (QED) is 0.856. The van der Waals surface area contributed by atoms with Crippen molar-refractivity contribution in [3.05, 3.63) is 0 Å². The number of hydrogen-bond donors (Lipinski definition) is 1. The van der Waals surface area contributed by atoms with Crippen LogP contribution >= 0.6 is 12.4 Å². The molecule has 0 aromatic heterocycles. The van der Waals surface area contributed by atoms with Gasteiger partial charge in [-0.15, -0.1) is 12.4 Å². The van der Waals surface area contributed by atoms with E-state index in [0.717, 1.165) is 24.9 Å². The van der Waals surface area contributed by atoms with Gasteiger partial charge in [-0.05, 0) is 56.3 Å². The van der Waals surface area contributed by atoms with E-state index in [1.54, 1.807) is 0 Å². The average Bonchev–Trinajstić information content (AvgIpc) is 2.91. The second-order valence-corrected chi connectivity index (χ2v) is 8.13. The van der Waals surface area contributed by atoms with E-state index >= 15 is 0 Å². The highest BCUT2D eigenvalue weighted by molar-refractivity contribution is 5.85. The maximum absolute atomic E-state index is 12.6. The largest absolute Gasteiger partial charge is 0.342 e. The molecule has 1 aliphatic heterocycles. The van der Waals surface area contributed by atoms with Crippen molar-refractivity contribution < 1.29 is 4.79 Å². The second kappa shape index (κ2) is 8.17. The number of likely N-dealkylation sites (tertiary alicyclic amines) is 1. The Morgan fingerprint density at radius 3 is 2.48 bits per heavy atom. The predicted octanol–water partition coefficient (Wildman–Crippen LogP) is 2.50. The molecule has 134 valence electrons. The van der Waals surface area contributed by atoms with Crippen molar-refractivity contribution in [2.75, 3.05) is 26.7 Å². The van der Waals surface area contributed by atoms with Gasteiger partial charge in [-0.25, -0.2) is 0 Å². The summed E-state index contributed by atoms with van der Waals surface area (Å²) < 4.78 is 0. The zero-order chi connectivity index (χ0) is 15.7. The number of carbonyl (C=O) groups is 1. The molecular weight excluding hydrogens is 310 g/mol. The molecule has 2 saturated carbocycles. The summed E-state index contributed by atoms with van der Waals surface area (Å²) >= 11 is 0. The lowest BCUT2D eigenvalue weighted by Crippen LogP contribution is -2.44. The molecule has 2 N–H and O–H groups in total. The molecule has 5 heteroatoms. The van der Waals surface area contributed by atoms with Crippen LogP contribution in [-0.2, 0) is 4.79 Å². The number of nitrogens with zero attached hydrogens (tertiary/aromatic N) is 2. The van der Waals surface area contributed by atoms with E-state index in [1.807, 2.05) is 11.9 Å². The Morgan fingerprint density at radius 2 is 1.83 bits per heavy atom. The molecule has 23 heavy (non-hydrogen) atoms. The minimum absolute atomic E-state index is 0. The van der Waals surface area contributed by atoms with Crippen LogP contribution < -0.4 is 5.73 Å². The fourth-order valence-corrected chi connectivity index (χ4v) is 4.87. The van der Waals surface area contributed by atoms with Crippen molar-refractivity contribution in [1.29, 1.82) is 0 Å². The third-order valence-electron chi connectivity index (χ3n) is 6.51. The average molecular weight is 344 g/mol. The molecular formula is C18H34ClN3O. The van der Waals surface area contributed by atoms with Crippen molar-refractivity contribution in [3.63, 3.8) is 0 Å². The Kier molecular flexibility index (Phi) is 6.76. The summed E-state index contributed by atoms with van der Waals surface area (Å²) in [5.74, 6) is 2.51. The topological polar surface area (TPSA) is 49.6 Å². The fourth-order valence-electron chi connectivity index (χ4n) is 4.87. The normalized spacial score (nSPS) is 37.8. The van der Waals surface area contributed by atoms with Crippen molar-refractivity contribution in [2.24, 2.45) is 23.5 Å². The maximum atomic E-state index is 12.6. The van der Waals surface area contributed by atoms with Gasteiger partial charge in [0.05, 0.1) is 6.54 Å². The van der Waals surface area contributed by atoms with Gasteiger partial charge in [0, 0.05) is 32.2 Å². The molecule has 0 spiro atoms. The van der Waals surface area contributed by atoms with Gasteiger partial charge in [-0.3, -0.25) is 9.69 Å². The zero-order valence-electron chi connectivity index (χ0n) is 14.7. The third kappa shape index (κ3) is 4.40. The van der Waals surface area contributed by atoms with Gasteiger partial charge in [-0.1, -0.05) is 13.3 Å². The van der Waals surface area contributed by atoms with Crippen LogP contribution in [0, 0.1) is 17.8 Å². The first-order valence-electron chi connectivity index (χ1n) is 9.28. The molecule has 1 heterocycles. The molecule has 3 aliphatic rings.